The van der Waals surface area contributed by atoms with E-state index in [2.05, 4.69) is 0 Å². The number of phenolic OH excluding ortho intramolecular Hbond substituents is 1. The Morgan fingerprint density at radius 3 is 2.05 bits per heavy atom. The molecule has 0 aliphatic rings. The highest BCUT2D eigenvalue weighted by Crippen LogP contribution is 2.17. The highest BCUT2D eigenvalue weighted by Gasteiger charge is 2.08. The molecule has 2 aromatic carbocycles. The fraction of sp³-hybridized carbons (Fsp3) is 0.188. The second-order valence-corrected chi connectivity index (χ2v) is 4.24. The third-order valence-corrected chi connectivity index (χ3v) is 2.80. The Balaban J connectivity index is 2.05. The normalized spacial score (nSPS) is 10.2. The predicted octanol–water partition coefficient (Wildman–Crippen LogP) is 2.65. The van der Waals surface area contributed by atoms with Crippen LogP contribution in [-0.4, -0.2) is 31.2 Å². The summed E-state index contributed by atoms with van der Waals surface area (Å²) in [4.78, 5) is 12.2. The van der Waals surface area contributed by atoms with Crippen molar-refractivity contribution in [2.45, 2.75) is 0 Å². The van der Waals surface area contributed by atoms with Crippen molar-refractivity contribution in [3.8, 4) is 11.5 Å². The molecule has 0 bridgehead atoms. The lowest BCUT2D eigenvalue weighted by molar-refractivity contribution is 0.103. The van der Waals surface area contributed by atoms with Gasteiger partial charge in [-0.3, -0.25) is 4.79 Å². The van der Waals surface area contributed by atoms with Gasteiger partial charge < -0.3 is 14.6 Å². The van der Waals surface area contributed by atoms with Gasteiger partial charge in [-0.15, -0.1) is 0 Å². The van der Waals surface area contributed by atoms with Crippen molar-refractivity contribution in [1.29, 1.82) is 0 Å². The summed E-state index contributed by atoms with van der Waals surface area (Å²) in [6.45, 7) is 0.996. The Labute approximate surface area is 117 Å². The minimum atomic E-state index is -0.0894. The van der Waals surface area contributed by atoms with Crippen molar-refractivity contribution >= 4 is 5.78 Å². The van der Waals surface area contributed by atoms with Gasteiger partial charge in [-0.05, 0) is 48.5 Å². The van der Waals surface area contributed by atoms with E-state index in [0.717, 1.165) is 0 Å². The van der Waals surface area contributed by atoms with Gasteiger partial charge in [-0.1, -0.05) is 0 Å². The number of ether oxygens (including phenoxy) is 2. The van der Waals surface area contributed by atoms with Crippen molar-refractivity contribution in [3.05, 3.63) is 59.7 Å². The van der Waals surface area contributed by atoms with Crippen molar-refractivity contribution < 1.29 is 19.4 Å². The smallest absolute Gasteiger partial charge is 0.193 e. The lowest BCUT2D eigenvalue weighted by Gasteiger charge is -2.06. The topological polar surface area (TPSA) is 55.8 Å². The molecule has 0 spiro atoms. The molecule has 20 heavy (non-hydrogen) atoms. The van der Waals surface area contributed by atoms with Crippen molar-refractivity contribution in [1.82, 2.24) is 0 Å². The monoisotopic (exact) mass is 272 g/mol. The zero-order valence-electron chi connectivity index (χ0n) is 11.2. The molecule has 1 N–H and O–H groups in total. The van der Waals surface area contributed by atoms with E-state index >= 15 is 0 Å². The number of carbonyl (C=O) groups excluding carboxylic acids is 1. The van der Waals surface area contributed by atoms with Gasteiger partial charge in [-0.2, -0.15) is 0 Å². The fourth-order valence-corrected chi connectivity index (χ4v) is 1.72. The van der Waals surface area contributed by atoms with Gasteiger partial charge in [0, 0.05) is 18.2 Å². The fourth-order valence-electron chi connectivity index (χ4n) is 1.72. The second-order valence-electron chi connectivity index (χ2n) is 4.24. The molecule has 0 saturated carbocycles. The largest absolute Gasteiger partial charge is 0.508 e. The third kappa shape index (κ3) is 3.59. The number of benzene rings is 2. The molecular weight excluding hydrogens is 256 g/mol. The van der Waals surface area contributed by atoms with Gasteiger partial charge in [0.15, 0.2) is 5.78 Å². The van der Waals surface area contributed by atoms with Gasteiger partial charge in [-0.25, -0.2) is 0 Å². The Kier molecular flexibility index (Phi) is 4.74. The molecule has 0 atom stereocenters. The highest BCUT2D eigenvalue weighted by atomic mass is 16.5. The molecule has 2 aromatic rings. The van der Waals surface area contributed by atoms with E-state index in [9.17, 15) is 9.90 Å². The summed E-state index contributed by atoms with van der Waals surface area (Å²) in [7, 11) is 1.61. The molecule has 0 radical (unpaired) electrons. The van der Waals surface area contributed by atoms with Crippen LogP contribution in [0.4, 0.5) is 0 Å². The van der Waals surface area contributed by atoms with Crippen molar-refractivity contribution in [2.75, 3.05) is 20.3 Å². The zero-order chi connectivity index (χ0) is 14.4. The molecule has 0 aliphatic heterocycles. The maximum Gasteiger partial charge on any atom is 0.193 e. The number of rotatable bonds is 6. The van der Waals surface area contributed by atoms with E-state index in [-0.39, 0.29) is 11.5 Å². The molecule has 4 heteroatoms. The summed E-state index contributed by atoms with van der Waals surface area (Å²) < 4.78 is 10.3. The number of aromatic hydroxyl groups is 1. The van der Waals surface area contributed by atoms with Crippen LogP contribution in [0.1, 0.15) is 15.9 Å². The lowest BCUT2D eigenvalue weighted by Crippen LogP contribution is -2.05. The van der Waals surface area contributed by atoms with Gasteiger partial charge >= 0.3 is 0 Å². The van der Waals surface area contributed by atoms with Crippen LogP contribution in [-0.2, 0) is 4.74 Å². The quantitative estimate of drug-likeness (QED) is 0.649. The van der Waals surface area contributed by atoms with Crippen LogP contribution in [0.5, 0.6) is 11.5 Å². The van der Waals surface area contributed by atoms with Crippen LogP contribution in [0.2, 0.25) is 0 Å². The first-order valence-corrected chi connectivity index (χ1v) is 6.26. The van der Waals surface area contributed by atoms with Gasteiger partial charge in [0.25, 0.3) is 0 Å². The number of hydrogen-bond acceptors (Lipinski definition) is 4. The van der Waals surface area contributed by atoms with Crippen LogP contribution in [0, 0.1) is 0 Å². The number of carbonyl (C=O) groups is 1. The SMILES string of the molecule is COCCOc1ccc(C(=O)c2ccc(O)cc2)cc1. The van der Waals surface area contributed by atoms with Crippen LogP contribution in [0.15, 0.2) is 48.5 Å². The van der Waals surface area contributed by atoms with Crippen LogP contribution >= 0.6 is 0 Å². The molecule has 0 saturated heterocycles. The van der Waals surface area contributed by atoms with E-state index in [4.69, 9.17) is 9.47 Å². The van der Waals surface area contributed by atoms with Crippen LogP contribution in [0.3, 0.4) is 0 Å². The Morgan fingerprint density at radius 1 is 0.950 bits per heavy atom. The Bertz CT molecular complexity index is 558. The molecule has 104 valence electrons. The molecule has 0 heterocycles. The van der Waals surface area contributed by atoms with E-state index in [1.54, 1.807) is 43.5 Å². The summed E-state index contributed by atoms with van der Waals surface area (Å²) in [5.74, 6) is 0.751. The molecule has 2 rings (SSSR count). The molecule has 0 aromatic heterocycles. The van der Waals surface area contributed by atoms with E-state index in [0.29, 0.717) is 30.1 Å². The van der Waals surface area contributed by atoms with Gasteiger partial charge in [0.2, 0.25) is 0 Å². The minimum absolute atomic E-state index is 0.0894. The third-order valence-electron chi connectivity index (χ3n) is 2.80. The lowest BCUT2D eigenvalue weighted by atomic mass is 10.0. The molecule has 0 amide bonds. The number of hydrogen-bond donors (Lipinski definition) is 1. The maximum atomic E-state index is 12.2. The van der Waals surface area contributed by atoms with Crippen molar-refractivity contribution in [3.63, 3.8) is 0 Å². The molecular formula is C16H16O4. The summed E-state index contributed by atoms with van der Waals surface area (Å²) >= 11 is 0. The standard InChI is InChI=1S/C16H16O4/c1-19-10-11-20-15-8-4-13(5-9-15)16(18)12-2-6-14(17)7-3-12/h2-9,17H,10-11H2,1H3. The second kappa shape index (κ2) is 6.73. The summed E-state index contributed by atoms with van der Waals surface area (Å²) in [6, 6.07) is 13.1. The average molecular weight is 272 g/mol. The van der Waals surface area contributed by atoms with E-state index in [1.807, 2.05) is 0 Å². The number of methoxy groups -OCH3 is 1. The first kappa shape index (κ1) is 14.1. The summed E-state index contributed by atoms with van der Waals surface area (Å²) in [5, 5.41) is 9.21. The minimum Gasteiger partial charge on any atom is -0.508 e. The summed E-state index contributed by atoms with van der Waals surface area (Å²) in [6.07, 6.45) is 0. The Morgan fingerprint density at radius 2 is 1.50 bits per heavy atom. The number of ketones is 1. The average Bonchev–Trinajstić information content (AvgIpc) is 2.48. The van der Waals surface area contributed by atoms with E-state index in [1.165, 1.54) is 12.1 Å². The zero-order valence-corrected chi connectivity index (χ0v) is 11.2. The van der Waals surface area contributed by atoms with Crippen LogP contribution in [0.25, 0.3) is 0 Å². The first-order valence-electron chi connectivity index (χ1n) is 6.26. The summed E-state index contributed by atoms with van der Waals surface area (Å²) in [5.41, 5.74) is 1.12. The maximum absolute atomic E-state index is 12.2. The molecule has 4 nitrogen and oxygen atoms in total. The van der Waals surface area contributed by atoms with Crippen molar-refractivity contribution in [2.24, 2.45) is 0 Å². The number of phenols is 1. The Hall–Kier alpha value is -2.33. The van der Waals surface area contributed by atoms with Gasteiger partial charge in [0.05, 0.1) is 6.61 Å². The molecule has 0 aliphatic carbocycles. The molecule has 0 unspecified atom stereocenters. The molecule has 0 fully saturated rings. The van der Waals surface area contributed by atoms with E-state index < -0.39 is 0 Å². The van der Waals surface area contributed by atoms with Crippen LogP contribution < -0.4 is 4.74 Å². The predicted molar refractivity (Wildman–Crippen MR) is 75.4 cm³/mol. The van der Waals surface area contributed by atoms with Gasteiger partial charge in [0.1, 0.15) is 18.1 Å². The highest BCUT2D eigenvalue weighted by molar-refractivity contribution is 6.09. The first-order chi connectivity index (χ1) is 9.70.